The summed E-state index contributed by atoms with van der Waals surface area (Å²) in [4.78, 5) is 0. The number of halogens is 2. The molecule has 5 heteroatoms. The third-order valence-electron chi connectivity index (χ3n) is 6.11. The van der Waals surface area contributed by atoms with Gasteiger partial charge in [-0.15, -0.1) is 0 Å². The number of benzene rings is 2. The van der Waals surface area contributed by atoms with Crippen molar-refractivity contribution in [3.8, 4) is 17.6 Å². The van der Waals surface area contributed by atoms with Gasteiger partial charge in [0.15, 0.2) is 11.6 Å². The molecule has 0 radical (unpaired) electrons. The number of nitrogens with zero attached hydrogens (tertiary/aromatic N) is 1. The van der Waals surface area contributed by atoms with Gasteiger partial charge in [0, 0.05) is 0 Å². The Morgan fingerprint density at radius 2 is 1.65 bits per heavy atom. The van der Waals surface area contributed by atoms with E-state index in [1.807, 2.05) is 0 Å². The Balaban J connectivity index is 1.42. The van der Waals surface area contributed by atoms with Crippen LogP contribution in [0.5, 0.6) is 11.5 Å². The molecule has 0 aromatic heterocycles. The Hall–Kier alpha value is -2.61. The molecule has 166 valence electrons. The lowest BCUT2D eigenvalue weighted by Gasteiger charge is -2.29. The van der Waals surface area contributed by atoms with Crippen molar-refractivity contribution in [2.45, 2.75) is 64.2 Å². The summed E-state index contributed by atoms with van der Waals surface area (Å²) >= 11 is 0. The lowest BCUT2D eigenvalue weighted by Crippen LogP contribution is -2.19. The average Bonchev–Trinajstić information content (AvgIpc) is 2.81. The topological polar surface area (TPSA) is 42.2 Å². The first-order valence-corrected chi connectivity index (χ1v) is 11.4. The summed E-state index contributed by atoms with van der Waals surface area (Å²) in [6, 6.07) is 12.7. The molecule has 0 unspecified atom stereocenters. The molecule has 2 aromatic rings. The standard InChI is InChI=1S/C26H31F2NO2/c1-2-3-4-5-16-30-23-13-10-21(11-14-23)20-8-6-19(7-9-20)18-31-24-15-12-22(17-29)25(27)26(24)28/h10-15,19-20H,2-9,16,18H2,1H3/t19-,20-. The maximum Gasteiger partial charge on any atom is 0.201 e. The summed E-state index contributed by atoms with van der Waals surface area (Å²) in [5.74, 6) is -0.584. The first kappa shape index (κ1) is 23.1. The molecule has 0 heterocycles. The fraction of sp³-hybridized carbons (Fsp3) is 0.500. The highest BCUT2D eigenvalue weighted by Crippen LogP contribution is 2.36. The second kappa shape index (κ2) is 11.7. The van der Waals surface area contributed by atoms with Crippen molar-refractivity contribution >= 4 is 0 Å². The second-order valence-corrected chi connectivity index (χ2v) is 8.36. The minimum absolute atomic E-state index is 0.121. The van der Waals surface area contributed by atoms with Gasteiger partial charge in [-0.1, -0.05) is 38.3 Å². The molecule has 0 amide bonds. The highest BCUT2D eigenvalue weighted by atomic mass is 19.2. The maximum atomic E-state index is 14.0. The van der Waals surface area contributed by atoms with Crippen molar-refractivity contribution < 1.29 is 18.3 Å². The summed E-state index contributed by atoms with van der Waals surface area (Å²) < 4.78 is 39.1. The van der Waals surface area contributed by atoms with Crippen molar-refractivity contribution in [1.29, 1.82) is 5.26 Å². The fourth-order valence-corrected chi connectivity index (χ4v) is 4.15. The molecule has 1 aliphatic carbocycles. The molecule has 1 aliphatic rings. The van der Waals surface area contributed by atoms with E-state index in [1.54, 1.807) is 6.07 Å². The van der Waals surface area contributed by atoms with Crippen LogP contribution in [0.15, 0.2) is 36.4 Å². The van der Waals surface area contributed by atoms with E-state index in [1.165, 1.54) is 37.0 Å². The maximum absolute atomic E-state index is 14.0. The monoisotopic (exact) mass is 427 g/mol. The molecule has 3 rings (SSSR count). The molecule has 0 N–H and O–H groups in total. The van der Waals surface area contributed by atoms with Gasteiger partial charge < -0.3 is 9.47 Å². The minimum Gasteiger partial charge on any atom is -0.494 e. The molecule has 0 atom stereocenters. The molecule has 31 heavy (non-hydrogen) atoms. The highest BCUT2D eigenvalue weighted by molar-refractivity contribution is 5.37. The van der Waals surface area contributed by atoms with Crippen LogP contribution >= 0.6 is 0 Å². The van der Waals surface area contributed by atoms with E-state index in [4.69, 9.17) is 14.7 Å². The van der Waals surface area contributed by atoms with Crippen LogP contribution in [0.1, 0.15) is 75.3 Å². The zero-order valence-corrected chi connectivity index (χ0v) is 18.2. The third kappa shape index (κ3) is 6.43. The lowest BCUT2D eigenvalue weighted by atomic mass is 9.79. The SMILES string of the molecule is CCCCCCOc1ccc([C@H]2CC[C@H](COc3ccc(C#N)c(F)c3F)CC2)cc1. The van der Waals surface area contributed by atoms with Crippen LogP contribution < -0.4 is 9.47 Å². The van der Waals surface area contributed by atoms with Gasteiger partial charge in [0.1, 0.15) is 11.8 Å². The molecule has 0 spiro atoms. The third-order valence-corrected chi connectivity index (χ3v) is 6.11. The Labute approximate surface area is 184 Å². The minimum atomic E-state index is -1.14. The summed E-state index contributed by atoms with van der Waals surface area (Å²) in [5, 5.41) is 8.76. The quantitative estimate of drug-likeness (QED) is 0.378. The van der Waals surface area contributed by atoms with Gasteiger partial charge in [0.25, 0.3) is 0 Å². The first-order chi connectivity index (χ1) is 15.1. The summed E-state index contributed by atoms with van der Waals surface area (Å²) in [7, 11) is 0. The van der Waals surface area contributed by atoms with Crippen LogP contribution in [0.2, 0.25) is 0 Å². The largest absolute Gasteiger partial charge is 0.494 e. The number of unbranched alkanes of at least 4 members (excludes halogenated alkanes) is 3. The number of nitriles is 1. The highest BCUT2D eigenvalue weighted by Gasteiger charge is 2.24. The molecule has 0 aliphatic heterocycles. The van der Waals surface area contributed by atoms with Crippen molar-refractivity contribution in [1.82, 2.24) is 0 Å². The van der Waals surface area contributed by atoms with E-state index in [-0.39, 0.29) is 11.3 Å². The van der Waals surface area contributed by atoms with E-state index in [0.29, 0.717) is 18.4 Å². The van der Waals surface area contributed by atoms with E-state index < -0.39 is 11.6 Å². The van der Waals surface area contributed by atoms with Crippen LogP contribution in [0.25, 0.3) is 0 Å². The second-order valence-electron chi connectivity index (χ2n) is 8.36. The predicted molar refractivity (Wildman–Crippen MR) is 117 cm³/mol. The number of rotatable bonds is 10. The van der Waals surface area contributed by atoms with Gasteiger partial charge in [0.2, 0.25) is 5.82 Å². The van der Waals surface area contributed by atoms with Crippen LogP contribution in [-0.2, 0) is 0 Å². The number of hydrogen-bond acceptors (Lipinski definition) is 3. The van der Waals surface area contributed by atoms with Gasteiger partial charge >= 0.3 is 0 Å². The Bertz CT molecular complexity index is 868. The molecule has 1 fully saturated rings. The van der Waals surface area contributed by atoms with Crippen LogP contribution in [-0.4, -0.2) is 13.2 Å². The van der Waals surface area contributed by atoms with Crippen LogP contribution in [0.4, 0.5) is 8.78 Å². The first-order valence-electron chi connectivity index (χ1n) is 11.4. The van der Waals surface area contributed by atoms with Crippen molar-refractivity contribution in [3.05, 3.63) is 59.2 Å². The zero-order chi connectivity index (χ0) is 22.1. The van der Waals surface area contributed by atoms with Crippen LogP contribution in [0.3, 0.4) is 0 Å². The van der Waals surface area contributed by atoms with E-state index >= 15 is 0 Å². The Morgan fingerprint density at radius 1 is 0.903 bits per heavy atom. The zero-order valence-electron chi connectivity index (χ0n) is 18.2. The van der Waals surface area contributed by atoms with Gasteiger partial charge in [-0.05, 0) is 73.8 Å². The van der Waals surface area contributed by atoms with Crippen molar-refractivity contribution in [2.75, 3.05) is 13.2 Å². The Kier molecular flexibility index (Phi) is 8.70. The van der Waals surface area contributed by atoms with Gasteiger partial charge in [-0.25, -0.2) is 4.39 Å². The van der Waals surface area contributed by atoms with Gasteiger partial charge in [-0.2, -0.15) is 9.65 Å². The smallest absolute Gasteiger partial charge is 0.201 e. The molecule has 1 saturated carbocycles. The summed E-state index contributed by atoms with van der Waals surface area (Å²) in [5.41, 5.74) is 1.02. The molecular weight excluding hydrogens is 396 g/mol. The summed E-state index contributed by atoms with van der Waals surface area (Å²) in [6.45, 7) is 3.34. The molecule has 0 bridgehead atoms. The van der Waals surface area contributed by atoms with Gasteiger partial charge in [-0.3, -0.25) is 0 Å². The molecule has 0 saturated heterocycles. The number of ether oxygens (including phenoxy) is 2. The van der Waals surface area contributed by atoms with E-state index in [9.17, 15) is 8.78 Å². The van der Waals surface area contributed by atoms with Gasteiger partial charge in [0.05, 0.1) is 18.8 Å². The van der Waals surface area contributed by atoms with E-state index in [2.05, 4.69) is 31.2 Å². The number of hydrogen-bond donors (Lipinski definition) is 0. The fourth-order valence-electron chi connectivity index (χ4n) is 4.15. The summed E-state index contributed by atoms with van der Waals surface area (Å²) in [6.07, 6.45) is 8.88. The predicted octanol–water partition coefficient (Wildman–Crippen LogP) is 7.15. The van der Waals surface area contributed by atoms with Crippen molar-refractivity contribution in [3.63, 3.8) is 0 Å². The van der Waals surface area contributed by atoms with Crippen molar-refractivity contribution in [2.24, 2.45) is 5.92 Å². The molecule has 3 nitrogen and oxygen atoms in total. The van der Waals surface area contributed by atoms with Crippen LogP contribution in [0, 0.1) is 28.9 Å². The lowest BCUT2D eigenvalue weighted by molar-refractivity contribution is 0.192. The Morgan fingerprint density at radius 3 is 2.32 bits per heavy atom. The van der Waals surface area contributed by atoms with E-state index in [0.717, 1.165) is 44.5 Å². The average molecular weight is 428 g/mol. The molecular formula is C26H31F2NO2. The molecule has 2 aromatic carbocycles. The normalized spacial score (nSPS) is 18.4.